The average molecular weight is 227 g/mol. The van der Waals surface area contributed by atoms with Gasteiger partial charge in [-0.25, -0.2) is 4.68 Å². The van der Waals surface area contributed by atoms with Crippen LogP contribution in [0.25, 0.3) is 0 Å². The van der Waals surface area contributed by atoms with E-state index in [-0.39, 0.29) is 5.56 Å². The van der Waals surface area contributed by atoms with Crippen LogP contribution < -0.4 is 10.9 Å². The van der Waals surface area contributed by atoms with E-state index in [9.17, 15) is 4.79 Å². The lowest BCUT2D eigenvalue weighted by Crippen LogP contribution is -2.23. The number of aromatic nitrogens is 2. The van der Waals surface area contributed by atoms with E-state index in [2.05, 4.69) is 17.3 Å². The first-order chi connectivity index (χ1) is 7.27. The van der Waals surface area contributed by atoms with Crippen molar-refractivity contribution in [2.45, 2.75) is 20.4 Å². The summed E-state index contributed by atoms with van der Waals surface area (Å²) >= 11 is 1.81. The summed E-state index contributed by atoms with van der Waals surface area (Å²) in [6.07, 6.45) is 1.70. The summed E-state index contributed by atoms with van der Waals surface area (Å²) in [7, 11) is 0. The van der Waals surface area contributed by atoms with Gasteiger partial charge in [-0.05, 0) is 12.7 Å². The van der Waals surface area contributed by atoms with Crippen LogP contribution in [0, 0.1) is 0 Å². The fourth-order valence-corrected chi connectivity index (χ4v) is 1.79. The number of aryl methyl sites for hydroxylation is 1. The monoisotopic (exact) mass is 227 g/mol. The van der Waals surface area contributed by atoms with Gasteiger partial charge in [0.05, 0.1) is 18.4 Å². The molecular weight excluding hydrogens is 210 g/mol. The third-order valence-electron chi connectivity index (χ3n) is 1.90. The van der Waals surface area contributed by atoms with Gasteiger partial charge in [0.25, 0.3) is 5.56 Å². The molecule has 0 aliphatic rings. The first-order valence-electron chi connectivity index (χ1n) is 5.16. The Morgan fingerprint density at radius 3 is 2.93 bits per heavy atom. The molecule has 0 saturated heterocycles. The molecule has 0 fully saturated rings. The number of rotatable bonds is 6. The van der Waals surface area contributed by atoms with Crippen LogP contribution >= 0.6 is 11.8 Å². The van der Waals surface area contributed by atoms with Crippen molar-refractivity contribution in [3.63, 3.8) is 0 Å². The molecule has 1 aromatic heterocycles. The van der Waals surface area contributed by atoms with Gasteiger partial charge in [0.2, 0.25) is 0 Å². The molecule has 0 atom stereocenters. The number of nitrogens with one attached hydrogen (secondary N) is 1. The molecule has 0 bridgehead atoms. The van der Waals surface area contributed by atoms with Crippen LogP contribution in [0.5, 0.6) is 0 Å². The fourth-order valence-electron chi connectivity index (χ4n) is 1.20. The fraction of sp³-hybridized carbons (Fsp3) is 0.600. The minimum absolute atomic E-state index is 0.0369. The minimum Gasteiger partial charge on any atom is -0.384 e. The smallest absolute Gasteiger partial charge is 0.268 e. The van der Waals surface area contributed by atoms with E-state index in [1.807, 2.05) is 18.7 Å². The van der Waals surface area contributed by atoms with Crippen LogP contribution in [0.15, 0.2) is 17.1 Å². The molecule has 5 heteroatoms. The molecule has 0 spiro atoms. The molecule has 84 valence electrons. The van der Waals surface area contributed by atoms with Gasteiger partial charge < -0.3 is 5.32 Å². The van der Waals surface area contributed by atoms with Gasteiger partial charge in [0.1, 0.15) is 0 Å². The molecule has 15 heavy (non-hydrogen) atoms. The number of anilines is 1. The van der Waals surface area contributed by atoms with Crippen molar-refractivity contribution >= 4 is 17.4 Å². The molecule has 0 aliphatic carbocycles. The average Bonchev–Trinajstić information content (AvgIpc) is 2.22. The Labute approximate surface area is 94.1 Å². The lowest BCUT2D eigenvalue weighted by Gasteiger charge is -2.05. The summed E-state index contributed by atoms with van der Waals surface area (Å²) in [5.41, 5.74) is 0.757. The molecule has 1 N–H and O–H groups in total. The molecule has 1 rings (SSSR count). The Kier molecular flexibility index (Phi) is 5.25. The van der Waals surface area contributed by atoms with Gasteiger partial charge in [-0.2, -0.15) is 16.9 Å². The second-order valence-corrected chi connectivity index (χ2v) is 4.43. The summed E-state index contributed by atoms with van der Waals surface area (Å²) in [6.45, 7) is 5.58. The zero-order chi connectivity index (χ0) is 11.1. The predicted octanol–water partition coefficient (Wildman–Crippen LogP) is 1.43. The van der Waals surface area contributed by atoms with Crippen LogP contribution in [0.4, 0.5) is 5.69 Å². The summed E-state index contributed by atoms with van der Waals surface area (Å²) in [5.74, 6) is 2.01. The predicted molar refractivity (Wildman–Crippen MR) is 65.7 cm³/mol. The number of nitrogens with zero attached hydrogens (tertiary/aromatic N) is 2. The van der Waals surface area contributed by atoms with Crippen molar-refractivity contribution < 1.29 is 0 Å². The molecule has 1 aromatic rings. The first-order valence-corrected chi connectivity index (χ1v) is 6.32. The summed E-state index contributed by atoms with van der Waals surface area (Å²) in [6, 6.07) is 1.59. The lowest BCUT2D eigenvalue weighted by atomic mass is 10.4. The summed E-state index contributed by atoms with van der Waals surface area (Å²) < 4.78 is 1.50. The van der Waals surface area contributed by atoms with Crippen LogP contribution in [-0.4, -0.2) is 27.8 Å². The van der Waals surface area contributed by atoms with Crippen molar-refractivity contribution in [3.8, 4) is 0 Å². The molecule has 0 amide bonds. The van der Waals surface area contributed by atoms with E-state index in [0.717, 1.165) is 23.7 Å². The SMILES string of the molecule is CCNc1cnn(CCSCC)c(=O)c1. The van der Waals surface area contributed by atoms with E-state index in [1.165, 1.54) is 4.68 Å². The second kappa shape index (κ2) is 6.50. The maximum atomic E-state index is 11.6. The molecule has 0 saturated carbocycles. The molecule has 4 nitrogen and oxygen atoms in total. The van der Waals surface area contributed by atoms with E-state index < -0.39 is 0 Å². The van der Waals surface area contributed by atoms with Gasteiger partial charge in [-0.15, -0.1) is 0 Å². The molecule has 0 unspecified atom stereocenters. The van der Waals surface area contributed by atoms with E-state index in [4.69, 9.17) is 0 Å². The van der Waals surface area contributed by atoms with Crippen molar-refractivity contribution in [1.29, 1.82) is 0 Å². The minimum atomic E-state index is -0.0369. The van der Waals surface area contributed by atoms with Crippen molar-refractivity contribution in [1.82, 2.24) is 9.78 Å². The third-order valence-corrected chi connectivity index (χ3v) is 2.78. The van der Waals surface area contributed by atoms with Gasteiger partial charge in [0, 0.05) is 18.4 Å². The van der Waals surface area contributed by atoms with E-state index in [0.29, 0.717) is 6.54 Å². The highest BCUT2D eigenvalue weighted by Crippen LogP contribution is 2.00. The molecule has 0 radical (unpaired) electrons. The van der Waals surface area contributed by atoms with Crippen LogP contribution in [0.3, 0.4) is 0 Å². The molecular formula is C10H17N3OS. The molecule has 1 heterocycles. The Bertz CT molecular complexity index is 351. The van der Waals surface area contributed by atoms with Gasteiger partial charge >= 0.3 is 0 Å². The Balaban J connectivity index is 2.62. The normalized spacial score (nSPS) is 10.3. The van der Waals surface area contributed by atoms with Crippen molar-refractivity contribution in [2.75, 3.05) is 23.4 Å². The highest BCUT2D eigenvalue weighted by atomic mass is 32.2. The lowest BCUT2D eigenvalue weighted by molar-refractivity contribution is 0.622. The van der Waals surface area contributed by atoms with Gasteiger partial charge in [-0.3, -0.25) is 4.79 Å². The Morgan fingerprint density at radius 1 is 1.53 bits per heavy atom. The van der Waals surface area contributed by atoms with Crippen molar-refractivity contribution in [3.05, 3.63) is 22.6 Å². The summed E-state index contributed by atoms with van der Waals surface area (Å²) in [4.78, 5) is 11.6. The van der Waals surface area contributed by atoms with E-state index >= 15 is 0 Å². The Hall–Kier alpha value is -0.970. The van der Waals surface area contributed by atoms with E-state index in [1.54, 1.807) is 12.3 Å². The summed E-state index contributed by atoms with van der Waals surface area (Å²) in [5, 5.41) is 7.16. The highest BCUT2D eigenvalue weighted by molar-refractivity contribution is 7.99. The van der Waals surface area contributed by atoms with Crippen LogP contribution in [0.2, 0.25) is 0 Å². The molecule has 0 aromatic carbocycles. The zero-order valence-electron chi connectivity index (χ0n) is 9.19. The maximum absolute atomic E-state index is 11.6. The zero-order valence-corrected chi connectivity index (χ0v) is 10.0. The topological polar surface area (TPSA) is 46.9 Å². The standard InChI is InChI=1S/C10H17N3OS/c1-3-11-9-7-10(14)13(12-8-9)5-6-15-4-2/h7-8,11H,3-6H2,1-2H3. The Morgan fingerprint density at radius 2 is 2.33 bits per heavy atom. The third kappa shape index (κ3) is 3.95. The quantitative estimate of drug-likeness (QED) is 0.747. The number of thioether (sulfide) groups is 1. The first kappa shape index (κ1) is 12.1. The highest BCUT2D eigenvalue weighted by Gasteiger charge is 1.98. The number of hydrogen-bond acceptors (Lipinski definition) is 4. The van der Waals surface area contributed by atoms with Gasteiger partial charge in [-0.1, -0.05) is 6.92 Å². The number of hydrogen-bond donors (Lipinski definition) is 1. The maximum Gasteiger partial charge on any atom is 0.268 e. The molecule has 0 aliphatic heterocycles. The van der Waals surface area contributed by atoms with Crippen molar-refractivity contribution in [2.24, 2.45) is 0 Å². The largest absolute Gasteiger partial charge is 0.384 e. The van der Waals surface area contributed by atoms with Gasteiger partial charge in [0.15, 0.2) is 0 Å². The van der Waals surface area contributed by atoms with Crippen LogP contribution in [-0.2, 0) is 6.54 Å². The second-order valence-electron chi connectivity index (χ2n) is 3.03. The van der Waals surface area contributed by atoms with Crippen LogP contribution in [0.1, 0.15) is 13.8 Å².